The van der Waals surface area contributed by atoms with Crippen LogP contribution in [-0.2, 0) is 6.42 Å². The Bertz CT molecular complexity index is 734. The van der Waals surface area contributed by atoms with Crippen molar-refractivity contribution in [3.63, 3.8) is 0 Å². The average molecular weight is 367 g/mol. The third kappa shape index (κ3) is 4.16. The molecule has 1 aromatic heterocycles. The number of hydrogen-bond acceptors (Lipinski definition) is 6. The van der Waals surface area contributed by atoms with E-state index in [2.05, 4.69) is 62.0 Å². The van der Waals surface area contributed by atoms with Crippen LogP contribution in [0.4, 0.5) is 17.3 Å². The summed E-state index contributed by atoms with van der Waals surface area (Å²) in [5.74, 6) is 2.56. The lowest BCUT2D eigenvalue weighted by atomic mass is 9.90. The SMILES string of the molecule is CN1CCN(c2ncnc(N3CCC(Cc4ccccc4)CC3)c2N)CC1. The van der Waals surface area contributed by atoms with Crippen LogP contribution in [0.15, 0.2) is 36.7 Å². The van der Waals surface area contributed by atoms with E-state index in [1.807, 2.05) is 0 Å². The van der Waals surface area contributed by atoms with E-state index >= 15 is 0 Å². The lowest BCUT2D eigenvalue weighted by molar-refractivity contribution is 0.312. The number of hydrogen-bond donors (Lipinski definition) is 1. The fourth-order valence-electron chi connectivity index (χ4n) is 4.20. The maximum absolute atomic E-state index is 6.52. The molecule has 6 heteroatoms. The number of likely N-dealkylation sites (N-methyl/N-ethyl adjacent to an activating group) is 1. The third-order valence-electron chi connectivity index (χ3n) is 5.93. The third-order valence-corrected chi connectivity index (χ3v) is 5.93. The summed E-state index contributed by atoms with van der Waals surface area (Å²) in [6.07, 6.45) is 5.21. The van der Waals surface area contributed by atoms with Crippen LogP contribution in [0.2, 0.25) is 0 Å². The number of benzene rings is 1. The van der Waals surface area contributed by atoms with Gasteiger partial charge in [-0.15, -0.1) is 0 Å². The number of anilines is 3. The first-order valence-corrected chi connectivity index (χ1v) is 10.0. The molecule has 2 fully saturated rings. The number of nitrogens with two attached hydrogens (primary N) is 1. The highest BCUT2D eigenvalue weighted by molar-refractivity contribution is 5.75. The molecule has 0 amide bonds. The summed E-state index contributed by atoms with van der Waals surface area (Å²) in [6, 6.07) is 10.8. The van der Waals surface area contributed by atoms with Crippen LogP contribution in [-0.4, -0.2) is 61.2 Å². The largest absolute Gasteiger partial charge is 0.393 e. The molecule has 3 heterocycles. The molecular formula is C21H30N6. The molecule has 2 aliphatic heterocycles. The van der Waals surface area contributed by atoms with E-state index < -0.39 is 0 Å². The van der Waals surface area contributed by atoms with Crippen molar-refractivity contribution in [1.82, 2.24) is 14.9 Å². The molecule has 0 bridgehead atoms. The first-order chi connectivity index (χ1) is 13.2. The molecule has 1 aromatic carbocycles. The van der Waals surface area contributed by atoms with E-state index in [0.717, 1.165) is 62.5 Å². The molecule has 0 atom stereocenters. The first-order valence-electron chi connectivity index (χ1n) is 10.0. The number of aromatic nitrogens is 2. The van der Waals surface area contributed by atoms with Crippen LogP contribution in [0, 0.1) is 5.92 Å². The van der Waals surface area contributed by atoms with E-state index in [4.69, 9.17) is 5.73 Å². The van der Waals surface area contributed by atoms with Crippen LogP contribution in [0.1, 0.15) is 18.4 Å². The number of rotatable bonds is 4. The van der Waals surface area contributed by atoms with Gasteiger partial charge in [0, 0.05) is 39.3 Å². The molecular weight excluding hydrogens is 336 g/mol. The Morgan fingerprint density at radius 2 is 1.48 bits per heavy atom. The zero-order valence-corrected chi connectivity index (χ0v) is 16.2. The number of piperidine rings is 1. The predicted molar refractivity (Wildman–Crippen MR) is 111 cm³/mol. The summed E-state index contributed by atoms with van der Waals surface area (Å²) in [5.41, 5.74) is 8.70. The molecule has 0 aliphatic carbocycles. The normalized spacial score (nSPS) is 19.4. The molecule has 0 saturated carbocycles. The van der Waals surface area contributed by atoms with E-state index in [9.17, 15) is 0 Å². The van der Waals surface area contributed by atoms with E-state index in [1.165, 1.54) is 24.8 Å². The Balaban J connectivity index is 1.40. The highest BCUT2D eigenvalue weighted by Gasteiger charge is 2.25. The standard InChI is InChI=1S/C21H30N6/c1-25-11-13-27(14-12-25)21-19(22)20(23-16-24-21)26-9-7-18(8-10-26)15-17-5-3-2-4-6-17/h2-6,16,18H,7-15,22H2,1H3. The topological polar surface area (TPSA) is 61.5 Å². The molecule has 4 rings (SSSR count). The van der Waals surface area contributed by atoms with Gasteiger partial charge in [0.05, 0.1) is 0 Å². The fraction of sp³-hybridized carbons (Fsp3) is 0.524. The van der Waals surface area contributed by atoms with Crippen molar-refractivity contribution in [3.8, 4) is 0 Å². The molecule has 2 aliphatic rings. The molecule has 0 unspecified atom stereocenters. The van der Waals surface area contributed by atoms with Gasteiger partial charge < -0.3 is 20.4 Å². The van der Waals surface area contributed by atoms with Crippen LogP contribution in [0.5, 0.6) is 0 Å². The quantitative estimate of drug-likeness (QED) is 0.896. The van der Waals surface area contributed by atoms with Crippen molar-refractivity contribution in [3.05, 3.63) is 42.2 Å². The summed E-state index contributed by atoms with van der Waals surface area (Å²) in [6.45, 7) is 6.06. The molecule has 2 aromatic rings. The summed E-state index contributed by atoms with van der Waals surface area (Å²) in [7, 11) is 2.16. The minimum atomic E-state index is 0.739. The van der Waals surface area contributed by atoms with E-state index in [-0.39, 0.29) is 0 Å². The van der Waals surface area contributed by atoms with Gasteiger partial charge in [-0.25, -0.2) is 9.97 Å². The van der Waals surface area contributed by atoms with Gasteiger partial charge in [0.15, 0.2) is 11.6 Å². The Morgan fingerprint density at radius 3 is 2.11 bits per heavy atom. The lowest BCUT2D eigenvalue weighted by Crippen LogP contribution is -2.45. The second kappa shape index (κ2) is 8.13. The monoisotopic (exact) mass is 366 g/mol. The maximum Gasteiger partial charge on any atom is 0.157 e. The maximum atomic E-state index is 6.52. The first kappa shape index (κ1) is 18.0. The lowest BCUT2D eigenvalue weighted by Gasteiger charge is -2.36. The molecule has 6 nitrogen and oxygen atoms in total. The van der Waals surface area contributed by atoms with Gasteiger partial charge >= 0.3 is 0 Å². The Morgan fingerprint density at radius 1 is 0.889 bits per heavy atom. The minimum Gasteiger partial charge on any atom is -0.393 e. The Hall–Kier alpha value is -2.34. The summed E-state index contributed by atoms with van der Waals surface area (Å²) in [4.78, 5) is 16.0. The molecule has 2 saturated heterocycles. The zero-order valence-electron chi connectivity index (χ0n) is 16.2. The van der Waals surface area contributed by atoms with Crippen molar-refractivity contribution in [2.75, 3.05) is 61.8 Å². The van der Waals surface area contributed by atoms with Crippen molar-refractivity contribution in [2.24, 2.45) is 5.92 Å². The average Bonchev–Trinajstić information content (AvgIpc) is 2.71. The van der Waals surface area contributed by atoms with Gasteiger partial charge in [-0.2, -0.15) is 0 Å². The van der Waals surface area contributed by atoms with Crippen LogP contribution in [0.3, 0.4) is 0 Å². The van der Waals surface area contributed by atoms with Crippen molar-refractivity contribution in [2.45, 2.75) is 19.3 Å². The molecule has 0 spiro atoms. The van der Waals surface area contributed by atoms with E-state index in [1.54, 1.807) is 6.33 Å². The summed E-state index contributed by atoms with van der Waals surface area (Å²) in [5, 5.41) is 0. The van der Waals surface area contributed by atoms with Gasteiger partial charge in [0.25, 0.3) is 0 Å². The van der Waals surface area contributed by atoms with Crippen molar-refractivity contribution in [1.29, 1.82) is 0 Å². The van der Waals surface area contributed by atoms with E-state index in [0.29, 0.717) is 0 Å². The highest BCUT2D eigenvalue weighted by Crippen LogP contribution is 2.32. The molecule has 144 valence electrons. The zero-order chi connectivity index (χ0) is 18.6. The predicted octanol–water partition coefficient (Wildman–Crippen LogP) is 2.27. The van der Waals surface area contributed by atoms with Crippen molar-refractivity contribution < 1.29 is 0 Å². The van der Waals surface area contributed by atoms with Crippen LogP contribution >= 0.6 is 0 Å². The molecule has 27 heavy (non-hydrogen) atoms. The Labute approximate surface area is 162 Å². The van der Waals surface area contributed by atoms with Gasteiger partial charge in [-0.05, 0) is 37.8 Å². The summed E-state index contributed by atoms with van der Waals surface area (Å²) >= 11 is 0. The smallest absolute Gasteiger partial charge is 0.157 e. The fourth-order valence-corrected chi connectivity index (χ4v) is 4.20. The molecule has 2 N–H and O–H groups in total. The number of nitrogen functional groups attached to an aromatic ring is 1. The van der Waals surface area contributed by atoms with Gasteiger partial charge in [0.1, 0.15) is 12.0 Å². The highest BCUT2D eigenvalue weighted by atomic mass is 15.3. The van der Waals surface area contributed by atoms with Crippen molar-refractivity contribution >= 4 is 17.3 Å². The van der Waals surface area contributed by atoms with Gasteiger partial charge in [-0.3, -0.25) is 0 Å². The van der Waals surface area contributed by atoms with Gasteiger partial charge in [-0.1, -0.05) is 30.3 Å². The number of nitrogens with zero attached hydrogens (tertiary/aromatic N) is 5. The second-order valence-corrected chi connectivity index (χ2v) is 7.85. The van der Waals surface area contributed by atoms with Crippen LogP contribution in [0.25, 0.3) is 0 Å². The Kier molecular flexibility index (Phi) is 5.43. The van der Waals surface area contributed by atoms with Gasteiger partial charge in [0.2, 0.25) is 0 Å². The second-order valence-electron chi connectivity index (χ2n) is 7.85. The molecule has 0 radical (unpaired) electrons. The minimum absolute atomic E-state index is 0.739. The van der Waals surface area contributed by atoms with Crippen LogP contribution < -0.4 is 15.5 Å². The summed E-state index contributed by atoms with van der Waals surface area (Å²) < 4.78 is 0. The number of piperazine rings is 1.